The third-order valence-corrected chi connectivity index (χ3v) is 6.36. The van der Waals surface area contributed by atoms with Crippen LogP contribution in [0.4, 0.5) is 5.13 Å². The molecule has 0 aromatic carbocycles. The van der Waals surface area contributed by atoms with Gasteiger partial charge >= 0.3 is 0 Å². The number of thiophene rings is 1. The van der Waals surface area contributed by atoms with E-state index in [9.17, 15) is 4.79 Å². The molecule has 4 rings (SSSR count). The van der Waals surface area contributed by atoms with Gasteiger partial charge in [-0.1, -0.05) is 0 Å². The van der Waals surface area contributed by atoms with E-state index in [0.29, 0.717) is 20.8 Å². The minimum Gasteiger partial charge on any atom is -0.297 e. The average Bonchev–Trinajstić information content (AvgIpc) is 3.36. The second-order valence-electron chi connectivity index (χ2n) is 5.39. The van der Waals surface area contributed by atoms with Crippen molar-refractivity contribution in [3.63, 3.8) is 0 Å². The molecule has 9 heteroatoms. The number of rotatable bonds is 4. The number of amides is 1. The van der Waals surface area contributed by atoms with Crippen molar-refractivity contribution in [3.05, 3.63) is 51.4 Å². The van der Waals surface area contributed by atoms with Gasteiger partial charge in [0.1, 0.15) is 4.88 Å². The molecule has 0 saturated carbocycles. The van der Waals surface area contributed by atoms with Gasteiger partial charge in [-0.15, -0.1) is 34.0 Å². The van der Waals surface area contributed by atoms with Crippen molar-refractivity contribution >= 4 is 45.0 Å². The third kappa shape index (κ3) is 3.41. The molecule has 0 unspecified atom stereocenters. The maximum atomic E-state index is 12.5. The number of carbonyl (C=O) groups excluding carboxylic acids is 1. The lowest BCUT2D eigenvalue weighted by Crippen LogP contribution is -2.09. The van der Waals surface area contributed by atoms with Crippen molar-refractivity contribution in [1.82, 2.24) is 19.9 Å². The van der Waals surface area contributed by atoms with Crippen molar-refractivity contribution < 1.29 is 4.79 Å². The molecule has 1 amide bonds. The molecule has 6 nitrogen and oxygen atoms in total. The average molecular weight is 400 g/mol. The van der Waals surface area contributed by atoms with Crippen molar-refractivity contribution in [3.8, 4) is 21.4 Å². The summed E-state index contributed by atoms with van der Waals surface area (Å²) in [7, 11) is 0. The smallest absolute Gasteiger partial charge is 0.269 e. The molecule has 0 atom stereocenters. The van der Waals surface area contributed by atoms with Crippen LogP contribution < -0.4 is 5.32 Å². The number of aromatic nitrogens is 4. The van der Waals surface area contributed by atoms with Crippen LogP contribution in [0.3, 0.4) is 0 Å². The van der Waals surface area contributed by atoms with Gasteiger partial charge in [0.25, 0.3) is 5.91 Å². The Labute approximate surface area is 161 Å². The number of hydrogen-bond donors (Lipinski definition) is 1. The van der Waals surface area contributed by atoms with Gasteiger partial charge in [0.15, 0.2) is 16.0 Å². The first-order valence-electron chi connectivity index (χ1n) is 7.69. The van der Waals surface area contributed by atoms with Gasteiger partial charge in [-0.25, -0.2) is 19.9 Å². The number of aryl methyl sites for hydroxylation is 2. The zero-order valence-corrected chi connectivity index (χ0v) is 16.3. The Bertz CT molecular complexity index is 1070. The van der Waals surface area contributed by atoms with Gasteiger partial charge < -0.3 is 0 Å². The largest absolute Gasteiger partial charge is 0.297 e. The highest BCUT2D eigenvalue weighted by Crippen LogP contribution is 2.34. The standard InChI is InChI=1S/C17H13N5OS3/c1-9-4-5-11(24-9)13-10(2)25-17(21-13)22-15(23)12-8-20-16(26-12)14-18-6-3-7-19-14/h3-8H,1-2H3,(H,21,22,23). The molecule has 4 aromatic rings. The quantitative estimate of drug-likeness (QED) is 0.540. The molecule has 0 bridgehead atoms. The number of carbonyl (C=O) groups is 1. The van der Waals surface area contributed by atoms with Crippen LogP contribution >= 0.6 is 34.0 Å². The number of anilines is 1. The summed E-state index contributed by atoms with van der Waals surface area (Å²) in [6.07, 6.45) is 4.83. The molecule has 4 heterocycles. The number of hydrogen-bond acceptors (Lipinski definition) is 8. The van der Waals surface area contributed by atoms with Crippen molar-refractivity contribution in [2.45, 2.75) is 13.8 Å². The van der Waals surface area contributed by atoms with Crippen LogP contribution in [0.1, 0.15) is 19.4 Å². The van der Waals surface area contributed by atoms with E-state index in [1.165, 1.54) is 33.7 Å². The first-order valence-corrected chi connectivity index (χ1v) is 10.1. The minimum absolute atomic E-state index is 0.229. The molecule has 0 spiro atoms. The molecule has 26 heavy (non-hydrogen) atoms. The second-order valence-corrected chi connectivity index (χ2v) is 8.91. The Morgan fingerprint density at radius 2 is 1.85 bits per heavy atom. The van der Waals surface area contributed by atoms with Crippen LogP contribution in [0.2, 0.25) is 0 Å². The Morgan fingerprint density at radius 3 is 2.58 bits per heavy atom. The zero-order chi connectivity index (χ0) is 18.1. The van der Waals surface area contributed by atoms with Crippen molar-refractivity contribution in [2.75, 3.05) is 5.32 Å². The van der Waals surface area contributed by atoms with E-state index in [0.717, 1.165) is 15.4 Å². The maximum absolute atomic E-state index is 12.5. The highest BCUT2D eigenvalue weighted by Gasteiger charge is 2.17. The summed E-state index contributed by atoms with van der Waals surface area (Å²) in [6.45, 7) is 4.08. The zero-order valence-electron chi connectivity index (χ0n) is 13.9. The Kier molecular flexibility index (Phi) is 4.58. The Balaban J connectivity index is 1.53. The SMILES string of the molecule is Cc1ccc(-c2nc(NC(=O)c3cnc(-c4ncccn4)s3)sc2C)s1. The predicted molar refractivity (Wildman–Crippen MR) is 106 cm³/mol. The molecule has 1 N–H and O–H groups in total. The van der Waals surface area contributed by atoms with Gasteiger partial charge in [-0.2, -0.15) is 0 Å². The van der Waals surface area contributed by atoms with Crippen LogP contribution in [0.5, 0.6) is 0 Å². The minimum atomic E-state index is -0.229. The fourth-order valence-corrected chi connectivity index (χ4v) is 4.85. The highest BCUT2D eigenvalue weighted by molar-refractivity contribution is 7.18. The number of thiazole rings is 2. The van der Waals surface area contributed by atoms with Crippen LogP contribution in [-0.2, 0) is 0 Å². The number of nitrogens with zero attached hydrogens (tertiary/aromatic N) is 4. The van der Waals surface area contributed by atoms with Gasteiger partial charge in [-0.3, -0.25) is 10.1 Å². The molecule has 0 aliphatic carbocycles. The number of nitrogens with one attached hydrogen (secondary N) is 1. The summed E-state index contributed by atoms with van der Waals surface area (Å²) in [5.41, 5.74) is 0.922. The molecule has 4 aromatic heterocycles. The molecule has 0 aliphatic heterocycles. The summed E-state index contributed by atoms with van der Waals surface area (Å²) in [4.78, 5) is 33.5. The molecular weight excluding hydrogens is 386 g/mol. The molecule has 0 saturated heterocycles. The van der Waals surface area contributed by atoms with E-state index in [2.05, 4.69) is 44.3 Å². The van der Waals surface area contributed by atoms with Crippen molar-refractivity contribution in [1.29, 1.82) is 0 Å². The third-order valence-electron chi connectivity index (χ3n) is 3.48. The van der Waals surface area contributed by atoms with Gasteiger partial charge in [0, 0.05) is 22.1 Å². The highest BCUT2D eigenvalue weighted by atomic mass is 32.1. The second kappa shape index (κ2) is 7.02. The fourth-order valence-electron chi connectivity index (χ4n) is 2.29. The molecule has 0 aliphatic rings. The van der Waals surface area contributed by atoms with E-state index < -0.39 is 0 Å². The summed E-state index contributed by atoms with van der Waals surface area (Å²) < 4.78 is 0. The summed E-state index contributed by atoms with van der Waals surface area (Å²) >= 11 is 4.42. The van der Waals surface area contributed by atoms with Gasteiger partial charge in [-0.05, 0) is 32.0 Å². The van der Waals surface area contributed by atoms with Gasteiger partial charge in [0.05, 0.1) is 16.8 Å². The summed E-state index contributed by atoms with van der Waals surface area (Å²) in [5.74, 6) is 0.282. The summed E-state index contributed by atoms with van der Waals surface area (Å²) in [5, 5.41) is 4.06. The van der Waals surface area contributed by atoms with Crippen molar-refractivity contribution in [2.24, 2.45) is 0 Å². The topological polar surface area (TPSA) is 80.7 Å². The lowest BCUT2D eigenvalue weighted by atomic mass is 10.3. The van der Waals surface area contributed by atoms with Crippen LogP contribution in [0, 0.1) is 13.8 Å². The first-order chi connectivity index (χ1) is 12.6. The van der Waals surface area contributed by atoms with Crippen LogP contribution in [-0.4, -0.2) is 25.8 Å². The predicted octanol–water partition coefficient (Wildman–Crippen LogP) is 4.65. The monoisotopic (exact) mass is 399 g/mol. The van der Waals surface area contributed by atoms with E-state index >= 15 is 0 Å². The van der Waals surface area contributed by atoms with E-state index in [-0.39, 0.29) is 5.91 Å². The normalized spacial score (nSPS) is 10.8. The van der Waals surface area contributed by atoms with Gasteiger partial charge in [0.2, 0.25) is 0 Å². The molecule has 130 valence electrons. The van der Waals surface area contributed by atoms with E-state index in [4.69, 9.17) is 0 Å². The lowest BCUT2D eigenvalue weighted by Gasteiger charge is -1.97. The van der Waals surface area contributed by atoms with E-state index in [1.54, 1.807) is 29.8 Å². The molecule has 0 radical (unpaired) electrons. The summed E-state index contributed by atoms with van der Waals surface area (Å²) in [6, 6.07) is 5.87. The first kappa shape index (κ1) is 17.0. The van der Waals surface area contributed by atoms with Crippen LogP contribution in [0.25, 0.3) is 21.4 Å². The van der Waals surface area contributed by atoms with E-state index in [1.807, 2.05) is 6.92 Å². The maximum Gasteiger partial charge on any atom is 0.269 e. The Morgan fingerprint density at radius 1 is 1.04 bits per heavy atom. The molecular formula is C17H13N5OS3. The fraction of sp³-hybridized carbons (Fsp3) is 0.118. The Hall–Kier alpha value is -2.49. The lowest BCUT2D eigenvalue weighted by molar-refractivity contribution is 0.103. The molecule has 0 fully saturated rings. The van der Waals surface area contributed by atoms with Crippen LogP contribution in [0.15, 0.2) is 36.8 Å².